The Morgan fingerprint density at radius 3 is 2.40 bits per heavy atom. The summed E-state index contributed by atoms with van der Waals surface area (Å²) in [7, 11) is 1.54. The number of ether oxygens (including phenoxy) is 3. The van der Waals surface area contributed by atoms with Gasteiger partial charge in [-0.05, 0) is 72.5 Å². The Labute approximate surface area is 349 Å². The third-order valence-corrected chi connectivity index (χ3v) is 12.5. The molecule has 6 rings (SSSR count). The first-order valence-corrected chi connectivity index (χ1v) is 21.0. The zero-order valence-corrected chi connectivity index (χ0v) is 36.2. The van der Waals surface area contributed by atoms with Crippen molar-refractivity contribution in [3.8, 4) is 22.9 Å². The van der Waals surface area contributed by atoms with Gasteiger partial charge in [-0.1, -0.05) is 40.7 Å². The Morgan fingerprint density at radius 2 is 1.79 bits per heavy atom. The van der Waals surface area contributed by atoms with Crippen molar-refractivity contribution in [3.63, 3.8) is 0 Å². The summed E-state index contributed by atoms with van der Waals surface area (Å²) < 4.78 is 18.7. The van der Waals surface area contributed by atoms with E-state index in [4.69, 9.17) is 19.2 Å². The number of carboxylic acid groups (broad SMARTS) is 1. The fourth-order valence-corrected chi connectivity index (χ4v) is 8.89. The molecule has 15 nitrogen and oxygen atoms in total. The van der Waals surface area contributed by atoms with Gasteiger partial charge >= 0.3 is 12.1 Å². The molecule has 2 saturated carbocycles. The lowest BCUT2D eigenvalue weighted by molar-refractivity contribution is -0.146. The number of hydrogen-bond acceptors (Lipinski definition) is 11. The normalized spacial score (nSPS) is 23.6. The van der Waals surface area contributed by atoms with Crippen molar-refractivity contribution in [1.82, 2.24) is 25.5 Å². The van der Waals surface area contributed by atoms with Crippen LogP contribution in [0.25, 0.3) is 22.3 Å². The molecule has 4 N–H and O–H groups in total. The molecule has 1 aliphatic heterocycles. The van der Waals surface area contributed by atoms with Crippen LogP contribution in [0.1, 0.15) is 80.1 Å². The summed E-state index contributed by atoms with van der Waals surface area (Å²) in [5.41, 5.74) is -2.21. The van der Waals surface area contributed by atoms with Gasteiger partial charge < -0.3 is 40.2 Å². The van der Waals surface area contributed by atoms with E-state index in [0.29, 0.717) is 43.4 Å². The number of aliphatic carboxylic acids is 1. The van der Waals surface area contributed by atoms with Gasteiger partial charge in [0.05, 0.1) is 29.3 Å². The second-order valence-electron chi connectivity index (χ2n) is 17.0. The molecule has 2 aliphatic carbocycles. The van der Waals surface area contributed by atoms with Crippen LogP contribution in [0, 0.1) is 17.3 Å². The smallest absolute Gasteiger partial charge is 0.408 e. The van der Waals surface area contributed by atoms with Gasteiger partial charge in [-0.3, -0.25) is 14.4 Å². The lowest BCUT2D eigenvalue weighted by Crippen LogP contribution is -2.59. The number of alkyl carbamates (subject to hydrolysis) is 1. The molecule has 1 aromatic carbocycles. The van der Waals surface area contributed by atoms with E-state index in [2.05, 4.69) is 43.4 Å². The van der Waals surface area contributed by atoms with Crippen molar-refractivity contribution in [2.75, 3.05) is 19.0 Å². The largest absolute Gasteiger partial charge is 0.495 e. The van der Waals surface area contributed by atoms with Gasteiger partial charge in [-0.15, -0.1) is 17.9 Å². The number of hydrogen-bond donors (Lipinski definition) is 4. The number of thiazole rings is 1. The molecule has 1 saturated heterocycles. The zero-order chi connectivity index (χ0) is 42.3. The number of aromatic nitrogens is 2. The number of carbonyl (C=O) groups excluding carboxylic acids is 4. The monoisotopic (exact) mass is 882 g/mol. The number of methoxy groups -OCH3 is 1. The predicted molar refractivity (Wildman–Crippen MR) is 222 cm³/mol. The summed E-state index contributed by atoms with van der Waals surface area (Å²) in [4.78, 5) is 78.0. The molecule has 4 amide bonds. The number of rotatable bonds is 13. The molecule has 0 bridgehead atoms. The molecule has 0 spiro atoms. The number of halogens is 1. The van der Waals surface area contributed by atoms with Crippen LogP contribution in [0.4, 0.5) is 9.93 Å². The van der Waals surface area contributed by atoms with Crippen molar-refractivity contribution in [1.29, 1.82) is 0 Å². The van der Waals surface area contributed by atoms with E-state index in [1.165, 1.54) is 29.4 Å². The molecular formula is C41H51BrN6O9S. The molecule has 3 aliphatic rings. The van der Waals surface area contributed by atoms with Crippen LogP contribution in [0.3, 0.4) is 0 Å². The van der Waals surface area contributed by atoms with Crippen LogP contribution < -0.4 is 25.4 Å². The van der Waals surface area contributed by atoms with Crippen molar-refractivity contribution in [2.24, 2.45) is 17.3 Å². The Morgan fingerprint density at radius 1 is 1.09 bits per heavy atom. The van der Waals surface area contributed by atoms with Crippen molar-refractivity contribution < 1.29 is 43.3 Å². The van der Waals surface area contributed by atoms with E-state index in [-0.39, 0.29) is 37.3 Å². The summed E-state index contributed by atoms with van der Waals surface area (Å²) in [5, 5.41) is 21.3. The highest BCUT2D eigenvalue weighted by atomic mass is 79.9. The van der Waals surface area contributed by atoms with Crippen molar-refractivity contribution >= 4 is 73.1 Å². The Hall–Kier alpha value is -4.77. The third kappa shape index (κ3) is 8.79. The lowest BCUT2D eigenvalue weighted by Gasteiger charge is -2.35. The maximum atomic E-state index is 14.8. The van der Waals surface area contributed by atoms with E-state index in [9.17, 15) is 29.1 Å². The van der Waals surface area contributed by atoms with Gasteiger partial charge in [-0.25, -0.2) is 19.6 Å². The number of amides is 4. The number of carbonyl (C=O) groups is 5. The number of benzene rings is 1. The zero-order valence-electron chi connectivity index (χ0n) is 33.8. The highest BCUT2D eigenvalue weighted by Crippen LogP contribution is 2.46. The Bertz CT molecular complexity index is 2130. The number of fused-ring (bicyclic) bond motifs is 1. The minimum absolute atomic E-state index is 0.0268. The topological polar surface area (TPSA) is 198 Å². The van der Waals surface area contributed by atoms with E-state index in [1.807, 2.05) is 0 Å². The van der Waals surface area contributed by atoms with Crippen LogP contribution in [0.2, 0.25) is 0 Å². The van der Waals surface area contributed by atoms with Gasteiger partial charge in [-0.2, -0.15) is 0 Å². The number of anilines is 1. The number of carboxylic acids is 1. The van der Waals surface area contributed by atoms with Crippen LogP contribution in [-0.4, -0.2) is 92.7 Å². The molecule has 17 heteroatoms. The minimum Gasteiger partial charge on any atom is -0.495 e. The molecule has 5 atom stereocenters. The van der Waals surface area contributed by atoms with Gasteiger partial charge in [0.25, 0.3) is 0 Å². The number of likely N-dealkylation sites (tertiary alicyclic amines) is 1. The minimum atomic E-state index is -1.55. The highest BCUT2D eigenvalue weighted by Gasteiger charge is 2.62. The summed E-state index contributed by atoms with van der Waals surface area (Å²) >= 11 is 4.88. The standard InChI is InChI=1S/C41H51BrN6O9S/c1-9-22-17-41(22,36(52)53)47-34(50)27-18-40(7,20-48(27)35(51)32(39(4,5)6)45-38(54)56-23-12-10-11-13-23)57-29-16-25(26-19-58-37(44-26)46-33(49)21(2)3)43-31-24(29)14-15-28(55-8)30(31)42/h9,14-16,19,21-23,27,32H,1,10-13,17-18,20H2,2-8H3,(H,45,54)(H,47,50)(H,52,53)(H,44,46,49). The van der Waals surface area contributed by atoms with Crippen LogP contribution in [0.5, 0.6) is 11.5 Å². The first-order chi connectivity index (χ1) is 27.3. The predicted octanol–water partition coefficient (Wildman–Crippen LogP) is 6.69. The van der Waals surface area contributed by atoms with E-state index < -0.39 is 58.4 Å². The van der Waals surface area contributed by atoms with Gasteiger partial charge in [0, 0.05) is 35.1 Å². The summed E-state index contributed by atoms with van der Waals surface area (Å²) in [5.74, 6) is -2.45. The average molecular weight is 884 g/mol. The second-order valence-corrected chi connectivity index (χ2v) is 18.6. The lowest BCUT2D eigenvalue weighted by atomic mass is 9.85. The number of nitrogens with zero attached hydrogens (tertiary/aromatic N) is 3. The SMILES string of the molecule is C=CC1CC1(NC(=O)C1CC(C)(Oc2cc(-c3csc(NC(=O)C(C)C)n3)nc3c(Br)c(OC)ccc23)CN1C(=O)C(NC(=O)OC1CCCC1)C(C)(C)C)C(=O)O. The maximum absolute atomic E-state index is 14.8. The Kier molecular flexibility index (Phi) is 12.2. The molecule has 312 valence electrons. The van der Waals surface area contributed by atoms with Crippen LogP contribution in [-0.2, 0) is 23.9 Å². The van der Waals surface area contributed by atoms with Gasteiger partial charge in [0.1, 0.15) is 46.5 Å². The fraction of sp³-hybridized carbons (Fsp3) is 0.537. The highest BCUT2D eigenvalue weighted by molar-refractivity contribution is 9.10. The van der Waals surface area contributed by atoms with Crippen molar-refractivity contribution in [2.45, 2.75) is 109 Å². The van der Waals surface area contributed by atoms with Crippen molar-refractivity contribution in [3.05, 3.63) is 40.7 Å². The average Bonchev–Trinajstić information content (AvgIpc) is 3.51. The summed E-state index contributed by atoms with van der Waals surface area (Å²) in [6.07, 6.45) is 4.07. The van der Waals surface area contributed by atoms with E-state index >= 15 is 0 Å². The van der Waals surface area contributed by atoms with E-state index in [1.54, 1.807) is 65.1 Å². The van der Waals surface area contributed by atoms with E-state index in [0.717, 1.165) is 25.7 Å². The maximum Gasteiger partial charge on any atom is 0.408 e. The molecule has 3 aromatic rings. The first-order valence-electron chi connectivity index (χ1n) is 19.4. The van der Waals surface area contributed by atoms with Gasteiger partial charge in [0.15, 0.2) is 5.13 Å². The number of nitrogens with one attached hydrogen (secondary N) is 3. The molecule has 58 heavy (non-hydrogen) atoms. The number of pyridine rings is 1. The van der Waals surface area contributed by atoms with Crippen LogP contribution >= 0.6 is 27.3 Å². The third-order valence-electron chi connectivity index (χ3n) is 11.0. The molecular weight excluding hydrogens is 832 g/mol. The molecule has 5 unspecified atom stereocenters. The fourth-order valence-electron chi connectivity index (χ4n) is 7.58. The molecule has 0 radical (unpaired) electrons. The summed E-state index contributed by atoms with van der Waals surface area (Å²) in [6, 6.07) is 2.98. The van der Waals surface area contributed by atoms with Crippen LogP contribution in [0.15, 0.2) is 40.7 Å². The Balaban J connectivity index is 1.37. The second kappa shape index (κ2) is 16.5. The molecule has 2 aromatic heterocycles. The molecule has 3 heterocycles. The molecule has 3 fully saturated rings. The summed E-state index contributed by atoms with van der Waals surface area (Å²) in [6.45, 7) is 14.4. The van der Waals surface area contributed by atoms with Gasteiger partial charge in [0.2, 0.25) is 17.7 Å². The quantitative estimate of drug-likeness (QED) is 0.133. The first kappa shape index (κ1) is 42.8.